The van der Waals surface area contributed by atoms with Gasteiger partial charge in [-0.1, -0.05) is 6.07 Å². The number of nitrogens with one attached hydrogen (secondary N) is 1. The Morgan fingerprint density at radius 3 is 2.33 bits per heavy atom. The normalized spacial score (nSPS) is 10.5. The van der Waals surface area contributed by atoms with Crippen molar-refractivity contribution in [2.75, 3.05) is 5.32 Å². The first-order valence-electron chi connectivity index (χ1n) is 5.79. The van der Waals surface area contributed by atoms with Crippen LogP contribution in [0.25, 0.3) is 0 Å². The molecule has 0 amide bonds. The summed E-state index contributed by atoms with van der Waals surface area (Å²) in [5, 5.41) is 11.1. The van der Waals surface area contributed by atoms with Gasteiger partial charge in [-0.25, -0.2) is 22.4 Å². The van der Waals surface area contributed by atoms with Crippen LogP contribution in [0, 0.1) is 23.3 Å². The molecule has 2 N–H and O–H groups in total. The highest BCUT2D eigenvalue weighted by atomic mass is 19.2. The molecule has 0 aliphatic rings. The van der Waals surface area contributed by atoms with E-state index in [0.717, 1.165) is 24.3 Å². The summed E-state index contributed by atoms with van der Waals surface area (Å²) in [4.78, 5) is 10.6. The zero-order valence-corrected chi connectivity index (χ0v) is 10.5. The minimum Gasteiger partial charge on any atom is -0.478 e. The van der Waals surface area contributed by atoms with E-state index in [-0.39, 0.29) is 12.2 Å². The fourth-order valence-corrected chi connectivity index (χ4v) is 1.70. The maximum Gasteiger partial charge on any atom is 0.338 e. The van der Waals surface area contributed by atoms with Crippen LogP contribution < -0.4 is 5.32 Å². The van der Waals surface area contributed by atoms with Gasteiger partial charge in [-0.15, -0.1) is 0 Å². The largest absolute Gasteiger partial charge is 0.478 e. The zero-order chi connectivity index (χ0) is 15.6. The number of anilines is 1. The number of benzene rings is 2. The van der Waals surface area contributed by atoms with E-state index in [1.165, 1.54) is 6.07 Å². The summed E-state index contributed by atoms with van der Waals surface area (Å²) < 4.78 is 52.8. The van der Waals surface area contributed by atoms with E-state index in [4.69, 9.17) is 5.11 Å². The monoisotopic (exact) mass is 299 g/mol. The summed E-state index contributed by atoms with van der Waals surface area (Å²) in [6.45, 7) is -0.0834. The number of hydrogen-bond acceptors (Lipinski definition) is 2. The van der Waals surface area contributed by atoms with Gasteiger partial charge in [-0.2, -0.15) is 0 Å². The highest BCUT2D eigenvalue weighted by molar-refractivity contribution is 5.88. The molecule has 0 saturated heterocycles. The third kappa shape index (κ3) is 3.13. The molecule has 0 atom stereocenters. The van der Waals surface area contributed by atoms with E-state index < -0.39 is 34.8 Å². The summed E-state index contributed by atoms with van der Waals surface area (Å²) in [5.41, 5.74) is -0.746. The molecule has 0 aromatic heterocycles. The van der Waals surface area contributed by atoms with Crippen molar-refractivity contribution < 1.29 is 27.5 Å². The molecule has 0 unspecified atom stereocenters. The van der Waals surface area contributed by atoms with Crippen LogP contribution in [0.2, 0.25) is 0 Å². The van der Waals surface area contributed by atoms with Crippen LogP contribution in [0.3, 0.4) is 0 Å². The summed E-state index contributed by atoms with van der Waals surface area (Å²) in [5.74, 6) is -6.49. The summed E-state index contributed by atoms with van der Waals surface area (Å²) in [7, 11) is 0. The molecular formula is C14H9F4NO2. The quantitative estimate of drug-likeness (QED) is 0.849. The smallest absolute Gasteiger partial charge is 0.338 e. The van der Waals surface area contributed by atoms with Gasteiger partial charge in [0, 0.05) is 6.54 Å². The van der Waals surface area contributed by atoms with Gasteiger partial charge in [0.05, 0.1) is 11.3 Å². The molecule has 2 rings (SSSR count). The second-order valence-electron chi connectivity index (χ2n) is 4.20. The third-order valence-corrected chi connectivity index (χ3v) is 2.78. The molecule has 0 heterocycles. The maximum atomic E-state index is 13.6. The third-order valence-electron chi connectivity index (χ3n) is 2.78. The van der Waals surface area contributed by atoms with Crippen LogP contribution in [0.4, 0.5) is 23.2 Å². The first-order chi connectivity index (χ1) is 9.90. The van der Waals surface area contributed by atoms with Gasteiger partial charge in [0.15, 0.2) is 23.3 Å². The van der Waals surface area contributed by atoms with Gasteiger partial charge in [-0.05, 0) is 29.8 Å². The molecule has 7 heteroatoms. The van der Waals surface area contributed by atoms with E-state index in [9.17, 15) is 22.4 Å². The Kier molecular flexibility index (Phi) is 4.11. The minimum absolute atomic E-state index is 0.0834. The second-order valence-corrected chi connectivity index (χ2v) is 4.20. The lowest BCUT2D eigenvalue weighted by Gasteiger charge is -2.09. The Hall–Kier alpha value is -2.57. The second kappa shape index (κ2) is 5.82. The van der Waals surface area contributed by atoms with E-state index >= 15 is 0 Å². The lowest BCUT2D eigenvalue weighted by Crippen LogP contribution is -2.07. The number of aromatic carboxylic acids is 1. The SMILES string of the molecule is O=C(O)c1ccc(NCc2ccc(F)c(F)c2)c(F)c1F. The molecule has 0 bridgehead atoms. The number of carboxylic acids is 1. The van der Waals surface area contributed by atoms with Crippen LogP contribution >= 0.6 is 0 Å². The highest BCUT2D eigenvalue weighted by Gasteiger charge is 2.17. The Labute approximate surface area is 116 Å². The lowest BCUT2D eigenvalue weighted by molar-refractivity contribution is 0.0690. The molecule has 3 nitrogen and oxygen atoms in total. The Morgan fingerprint density at radius 2 is 1.71 bits per heavy atom. The fraction of sp³-hybridized carbons (Fsp3) is 0.0714. The number of carboxylic acid groups (broad SMARTS) is 1. The maximum absolute atomic E-state index is 13.6. The van der Waals surface area contributed by atoms with Gasteiger partial charge in [0.1, 0.15) is 0 Å². The molecule has 2 aromatic carbocycles. The first kappa shape index (κ1) is 14.8. The molecule has 110 valence electrons. The zero-order valence-electron chi connectivity index (χ0n) is 10.5. The van der Waals surface area contributed by atoms with Gasteiger partial charge < -0.3 is 10.4 Å². The average molecular weight is 299 g/mol. The van der Waals surface area contributed by atoms with E-state index in [1.807, 2.05) is 0 Å². The van der Waals surface area contributed by atoms with Gasteiger partial charge in [0.25, 0.3) is 0 Å². The molecule has 0 aliphatic heterocycles. The molecule has 0 radical (unpaired) electrons. The predicted octanol–water partition coefficient (Wildman–Crippen LogP) is 3.55. The van der Waals surface area contributed by atoms with Crippen molar-refractivity contribution in [2.24, 2.45) is 0 Å². The minimum atomic E-state index is -1.58. The van der Waals surface area contributed by atoms with Crippen LogP contribution in [-0.2, 0) is 6.54 Å². The highest BCUT2D eigenvalue weighted by Crippen LogP contribution is 2.21. The van der Waals surface area contributed by atoms with Crippen molar-refractivity contribution in [1.82, 2.24) is 0 Å². The van der Waals surface area contributed by atoms with Gasteiger partial charge in [-0.3, -0.25) is 0 Å². The van der Waals surface area contributed by atoms with Crippen molar-refractivity contribution in [1.29, 1.82) is 0 Å². The Balaban J connectivity index is 2.18. The average Bonchev–Trinajstić information content (AvgIpc) is 2.43. The molecule has 0 fully saturated rings. The topological polar surface area (TPSA) is 49.3 Å². The van der Waals surface area contributed by atoms with Crippen molar-refractivity contribution in [3.05, 3.63) is 64.7 Å². The summed E-state index contributed by atoms with van der Waals surface area (Å²) in [6, 6.07) is 5.08. The van der Waals surface area contributed by atoms with Crippen LogP contribution in [0.5, 0.6) is 0 Å². The number of carbonyl (C=O) groups is 1. The van der Waals surface area contributed by atoms with Crippen molar-refractivity contribution >= 4 is 11.7 Å². The van der Waals surface area contributed by atoms with Crippen LogP contribution in [0.1, 0.15) is 15.9 Å². The standard InChI is InChI=1S/C14H9F4NO2/c15-9-3-1-7(5-10(9)16)6-19-11-4-2-8(14(20)21)12(17)13(11)18/h1-5,19H,6H2,(H,20,21). The van der Waals surface area contributed by atoms with Crippen molar-refractivity contribution in [3.63, 3.8) is 0 Å². The fourth-order valence-electron chi connectivity index (χ4n) is 1.70. The Morgan fingerprint density at radius 1 is 1.00 bits per heavy atom. The van der Waals surface area contributed by atoms with Crippen molar-refractivity contribution in [2.45, 2.75) is 6.54 Å². The molecule has 2 aromatic rings. The van der Waals surface area contributed by atoms with Gasteiger partial charge >= 0.3 is 5.97 Å². The van der Waals surface area contributed by atoms with Gasteiger partial charge in [0.2, 0.25) is 0 Å². The number of halogens is 4. The molecular weight excluding hydrogens is 290 g/mol. The van der Waals surface area contributed by atoms with Crippen LogP contribution in [-0.4, -0.2) is 11.1 Å². The Bertz CT molecular complexity index is 704. The molecule has 0 saturated carbocycles. The van der Waals surface area contributed by atoms with E-state index in [1.54, 1.807) is 0 Å². The molecule has 0 spiro atoms. The summed E-state index contributed by atoms with van der Waals surface area (Å²) in [6.07, 6.45) is 0. The lowest BCUT2D eigenvalue weighted by atomic mass is 10.1. The predicted molar refractivity (Wildman–Crippen MR) is 67.0 cm³/mol. The number of hydrogen-bond donors (Lipinski definition) is 2. The van der Waals surface area contributed by atoms with E-state index in [0.29, 0.717) is 5.56 Å². The first-order valence-corrected chi connectivity index (χ1v) is 5.79. The summed E-state index contributed by atoms with van der Waals surface area (Å²) >= 11 is 0. The van der Waals surface area contributed by atoms with Crippen molar-refractivity contribution in [3.8, 4) is 0 Å². The molecule has 21 heavy (non-hydrogen) atoms. The number of rotatable bonds is 4. The van der Waals surface area contributed by atoms with Crippen LogP contribution in [0.15, 0.2) is 30.3 Å². The van der Waals surface area contributed by atoms with E-state index in [2.05, 4.69) is 5.32 Å². The molecule has 0 aliphatic carbocycles.